The summed E-state index contributed by atoms with van der Waals surface area (Å²) in [4.78, 5) is 58.2. The second-order valence-electron chi connectivity index (χ2n) is 11.7. The molecule has 5 bridgehead atoms. The van der Waals surface area contributed by atoms with Crippen LogP contribution in [0.25, 0.3) is 11.0 Å². The van der Waals surface area contributed by atoms with Crippen molar-refractivity contribution in [2.75, 3.05) is 19.7 Å². The van der Waals surface area contributed by atoms with Crippen molar-refractivity contribution in [3.8, 4) is 0 Å². The summed E-state index contributed by atoms with van der Waals surface area (Å²) in [5.41, 5.74) is -0.0872. The number of fused-ring (bicyclic) bond motifs is 3. The molecule has 4 aliphatic heterocycles. The molecule has 0 unspecified atom stereocenters. The van der Waals surface area contributed by atoms with Gasteiger partial charge in [0.05, 0.1) is 30.6 Å². The Labute approximate surface area is 262 Å². The first-order valence-corrected chi connectivity index (χ1v) is 15.7. The number of esters is 1. The van der Waals surface area contributed by atoms with Gasteiger partial charge in [-0.25, -0.2) is 4.68 Å². The quantitative estimate of drug-likeness (QED) is 0.353. The maximum Gasteiger partial charge on any atom is 0.313 e. The molecule has 1 aromatic carbocycles. The normalized spacial score (nSPS) is 32.5. The van der Waals surface area contributed by atoms with E-state index in [0.717, 1.165) is 5.52 Å². The van der Waals surface area contributed by atoms with Gasteiger partial charge >= 0.3 is 5.97 Å². The van der Waals surface area contributed by atoms with Gasteiger partial charge in [-0.1, -0.05) is 52.4 Å². The van der Waals surface area contributed by atoms with Gasteiger partial charge in [-0.3, -0.25) is 19.2 Å². The van der Waals surface area contributed by atoms with Crippen molar-refractivity contribution in [2.45, 2.75) is 69.7 Å². The van der Waals surface area contributed by atoms with Crippen LogP contribution in [0.3, 0.4) is 0 Å². The van der Waals surface area contributed by atoms with Crippen LogP contribution in [0.4, 0.5) is 0 Å². The van der Waals surface area contributed by atoms with Crippen molar-refractivity contribution in [2.24, 2.45) is 11.8 Å². The molecule has 5 heterocycles. The zero-order chi connectivity index (χ0) is 31.2. The number of aromatic nitrogens is 3. The molecule has 1 spiro atoms. The van der Waals surface area contributed by atoms with E-state index in [9.17, 15) is 24.3 Å². The van der Waals surface area contributed by atoms with E-state index in [1.165, 1.54) is 4.90 Å². The fourth-order valence-electron chi connectivity index (χ4n) is 6.79. The van der Waals surface area contributed by atoms with Gasteiger partial charge in [0.15, 0.2) is 0 Å². The Bertz CT molecular complexity index is 1540. The number of rotatable bonds is 5. The number of aliphatic hydroxyl groups excluding tert-OH is 1. The van der Waals surface area contributed by atoms with Crippen LogP contribution in [-0.2, 0) is 35.3 Å². The van der Waals surface area contributed by atoms with Crippen LogP contribution in [0.2, 0.25) is 0 Å². The smallest absolute Gasteiger partial charge is 0.313 e. The average Bonchev–Trinajstić information content (AvgIpc) is 3.73. The van der Waals surface area contributed by atoms with Gasteiger partial charge < -0.3 is 29.7 Å². The molecule has 2 fully saturated rings. The van der Waals surface area contributed by atoms with Gasteiger partial charge in [0.1, 0.15) is 42.0 Å². The molecule has 3 amide bonds. The molecule has 2 N–H and O–H groups in total. The largest absolute Gasteiger partial charge is 0.460 e. The number of nitrogens with one attached hydrogen (secondary N) is 1. The summed E-state index contributed by atoms with van der Waals surface area (Å²) >= 11 is 3.54. The Morgan fingerprint density at radius 1 is 1.18 bits per heavy atom. The molecule has 2 aromatic rings. The third-order valence-corrected chi connectivity index (χ3v) is 9.60. The molecule has 13 nitrogen and oxygen atoms in total. The average molecular weight is 672 g/mol. The van der Waals surface area contributed by atoms with Crippen molar-refractivity contribution in [3.63, 3.8) is 0 Å². The minimum Gasteiger partial charge on any atom is -0.460 e. The lowest BCUT2D eigenvalue weighted by Gasteiger charge is -2.38. The van der Waals surface area contributed by atoms with Gasteiger partial charge in [0, 0.05) is 17.4 Å². The molecule has 234 valence electrons. The van der Waals surface area contributed by atoms with Gasteiger partial charge in [-0.15, -0.1) is 5.10 Å². The monoisotopic (exact) mass is 670 g/mol. The second kappa shape index (κ2) is 12.1. The Morgan fingerprint density at radius 2 is 1.98 bits per heavy atom. The summed E-state index contributed by atoms with van der Waals surface area (Å²) in [6, 6.07) is 5.52. The highest BCUT2D eigenvalue weighted by molar-refractivity contribution is 9.11. The number of para-hydroxylation sites is 1. The molecule has 2 saturated heterocycles. The number of likely N-dealkylation sites (tertiary alicyclic amines) is 1. The summed E-state index contributed by atoms with van der Waals surface area (Å²) in [5.74, 6) is -3.80. The summed E-state index contributed by atoms with van der Waals surface area (Å²) in [7, 11) is 0. The Morgan fingerprint density at radius 3 is 2.75 bits per heavy atom. The number of aliphatic hydroxyl groups is 1. The minimum atomic E-state index is -1.47. The maximum absolute atomic E-state index is 14.8. The number of carbonyl (C=O) groups is 4. The third-order valence-electron chi connectivity index (χ3n) is 8.92. The predicted octanol–water partition coefficient (Wildman–Crippen LogP) is 1.26. The highest BCUT2D eigenvalue weighted by Gasteiger charge is 2.75. The molecule has 0 saturated carbocycles. The van der Waals surface area contributed by atoms with E-state index in [-0.39, 0.29) is 38.7 Å². The highest BCUT2D eigenvalue weighted by Crippen LogP contribution is 2.59. The molecule has 14 heteroatoms. The van der Waals surface area contributed by atoms with E-state index in [4.69, 9.17) is 9.47 Å². The fraction of sp³-hybridized carbons (Fsp3) is 0.533. The molecular formula is C30H35BrN6O7. The van der Waals surface area contributed by atoms with Crippen LogP contribution in [0.15, 0.2) is 47.0 Å². The first-order valence-electron chi connectivity index (χ1n) is 14.9. The van der Waals surface area contributed by atoms with Crippen LogP contribution in [-0.4, -0.2) is 103 Å². The Hall–Kier alpha value is -3.62. The number of allylic oxidation sites excluding steroid dienone is 1. The molecule has 44 heavy (non-hydrogen) atoms. The van der Waals surface area contributed by atoms with Crippen molar-refractivity contribution >= 4 is 50.7 Å². The van der Waals surface area contributed by atoms with Crippen molar-refractivity contribution < 1.29 is 33.8 Å². The van der Waals surface area contributed by atoms with E-state index < -0.39 is 59.5 Å². The lowest BCUT2D eigenvalue weighted by atomic mass is 9.74. The number of carbonyl (C=O) groups excluding carboxylic acids is 4. The van der Waals surface area contributed by atoms with E-state index in [2.05, 4.69) is 31.6 Å². The fourth-order valence-corrected chi connectivity index (χ4v) is 7.52. The lowest BCUT2D eigenvalue weighted by Crippen LogP contribution is -2.58. The highest BCUT2D eigenvalue weighted by atomic mass is 79.9. The maximum atomic E-state index is 14.8. The van der Waals surface area contributed by atoms with Crippen LogP contribution in [0.1, 0.15) is 33.1 Å². The number of nitrogens with zero attached hydrogens (tertiary/aromatic N) is 5. The van der Waals surface area contributed by atoms with Crippen molar-refractivity contribution in [1.82, 2.24) is 30.1 Å². The molecule has 6 rings (SSSR count). The van der Waals surface area contributed by atoms with Crippen LogP contribution >= 0.6 is 15.9 Å². The number of amides is 3. The molecule has 0 aliphatic carbocycles. The first kappa shape index (κ1) is 30.4. The van der Waals surface area contributed by atoms with Gasteiger partial charge in [0.2, 0.25) is 11.8 Å². The standard InChI is InChI=1S/C30H35BrN6O7/c1-3-18(15-38)37-26-28(41)35(16-36-21-10-7-6-9-20(21)33-34-36)12-8-4-5-11-22(39)32-14-17(2)43-29(42)23-24(27(37)40)30(26)13-19(31)25(23)44-30/h4,6-10,13,17-18,23-26,38H,3,5,11-12,14-16H2,1-2H3,(H,32,39)/b8-4-/t17-,18-,23+,24-,25+,26+,30-/m0/s1. The number of hydrogen-bond donors (Lipinski definition) is 2. The number of ether oxygens (including phenoxy) is 2. The van der Waals surface area contributed by atoms with Gasteiger partial charge in [0.25, 0.3) is 5.91 Å². The number of halogens is 1. The number of cyclic esters (lactones) is 1. The summed E-state index contributed by atoms with van der Waals surface area (Å²) < 4.78 is 14.4. The Balaban J connectivity index is 1.45. The Kier molecular flexibility index (Phi) is 8.33. The summed E-state index contributed by atoms with van der Waals surface area (Å²) in [5, 5.41) is 21.6. The topological polar surface area (TPSA) is 156 Å². The van der Waals surface area contributed by atoms with Crippen LogP contribution in [0.5, 0.6) is 0 Å². The zero-order valence-corrected chi connectivity index (χ0v) is 26.1. The third kappa shape index (κ3) is 5.02. The van der Waals surface area contributed by atoms with E-state index in [1.54, 1.807) is 28.7 Å². The molecular weight excluding hydrogens is 636 g/mol. The SMILES string of the molecule is CC[C@@H](CO)N1C(=O)[C@@H]2[C@H]3C(=O)O[C@@H](C)CNC(=O)CC/C=C\CN(Cn4nnc5ccccc54)C(=O)[C@@H]1[C@]21C=C(Br)[C@H]3O1. The second-order valence-corrected chi connectivity index (χ2v) is 12.6. The first-order chi connectivity index (χ1) is 21.2. The van der Waals surface area contributed by atoms with Crippen LogP contribution < -0.4 is 5.32 Å². The zero-order valence-electron chi connectivity index (χ0n) is 24.5. The van der Waals surface area contributed by atoms with E-state index in [1.807, 2.05) is 37.3 Å². The molecule has 7 atom stereocenters. The van der Waals surface area contributed by atoms with Gasteiger partial charge in [-0.05, 0) is 38.0 Å². The minimum absolute atomic E-state index is 0.0106. The molecule has 1 aromatic heterocycles. The molecule has 0 radical (unpaired) electrons. The molecule has 4 aliphatic rings. The summed E-state index contributed by atoms with van der Waals surface area (Å²) in [6.07, 6.45) is 4.91. The number of hydrogen-bond acceptors (Lipinski definition) is 9. The number of benzene rings is 1. The van der Waals surface area contributed by atoms with Gasteiger partial charge in [-0.2, -0.15) is 0 Å². The van der Waals surface area contributed by atoms with E-state index >= 15 is 0 Å². The predicted molar refractivity (Wildman–Crippen MR) is 160 cm³/mol. The van der Waals surface area contributed by atoms with Crippen molar-refractivity contribution in [3.05, 3.63) is 47.0 Å². The van der Waals surface area contributed by atoms with E-state index in [0.29, 0.717) is 22.8 Å². The lowest BCUT2D eigenvalue weighted by molar-refractivity contribution is -0.159. The van der Waals surface area contributed by atoms with Crippen molar-refractivity contribution in [1.29, 1.82) is 0 Å². The van der Waals surface area contributed by atoms with Crippen LogP contribution in [0, 0.1) is 11.8 Å². The summed E-state index contributed by atoms with van der Waals surface area (Å²) in [6.45, 7) is 3.39.